The van der Waals surface area contributed by atoms with Gasteiger partial charge in [-0.1, -0.05) is 109 Å². The van der Waals surface area contributed by atoms with Crippen molar-refractivity contribution in [1.29, 1.82) is 0 Å². The van der Waals surface area contributed by atoms with Gasteiger partial charge < -0.3 is 4.57 Å². The van der Waals surface area contributed by atoms with Crippen molar-refractivity contribution in [1.82, 2.24) is 19.5 Å². The van der Waals surface area contributed by atoms with Crippen LogP contribution in [0, 0.1) is 5.82 Å². The molecule has 0 spiro atoms. The maximum atomic E-state index is 14.4. The Morgan fingerprint density at radius 3 is 1.73 bits per heavy atom. The molecule has 6 heteroatoms. The molecule has 0 saturated heterocycles. The van der Waals surface area contributed by atoms with Gasteiger partial charge in [-0.05, 0) is 60.2 Å². The minimum Gasteiger partial charge on any atom is -0.309 e. The lowest BCUT2D eigenvalue weighted by molar-refractivity contribution is 0.628. The summed E-state index contributed by atoms with van der Waals surface area (Å²) in [5.41, 5.74) is 7.68. The van der Waals surface area contributed by atoms with Gasteiger partial charge in [0.25, 0.3) is 0 Å². The van der Waals surface area contributed by atoms with Crippen molar-refractivity contribution >= 4 is 53.3 Å². The highest BCUT2D eigenvalue weighted by Gasteiger charge is 2.21. The van der Waals surface area contributed by atoms with Crippen LogP contribution >= 0.6 is 11.3 Å². The fourth-order valence-corrected chi connectivity index (χ4v) is 8.32. The number of nitrogens with zero attached hydrogens (tertiary/aromatic N) is 4. The highest BCUT2D eigenvalue weighted by atomic mass is 32.1. The minimum absolute atomic E-state index is 0.280. The summed E-state index contributed by atoms with van der Waals surface area (Å²) in [6.45, 7) is 0. The average molecular weight is 675 g/mol. The molecular formula is C45H27FN4S. The van der Waals surface area contributed by atoms with Gasteiger partial charge in [0.15, 0.2) is 17.5 Å². The van der Waals surface area contributed by atoms with Crippen molar-refractivity contribution in [3.8, 4) is 51.0 Å². The van der Waals surface area contributed by atoms with Crippen LogP contribution in [0.15, 0.2) is 164 Å². The summed E-state index contributed by atoms with van der Waals surface area (Å²) >= 11 is 1.83. The molecule has 7 aromatic carbocycles. The maximum absolute atomic E-state index is 14.4. The summed E-state index contributed by atoms with van der Waals surface area (Å²) in [6, 6.07) is 54.7. The van der Waals surface area contributed by atoms with E-state index in [-0.39, 0.29) is 5.82 Å². The molecule has 0 amide bonds. The van der Waals surface area contributed by atoms with Crippen molar-refractivity contribution in [3.05, 3.63) is 170 Å². The van der Waals surface area contributed by atoms with E-state index in [0.717, 1.165) is 44.5 Å². The zero-order valence-electron chi connectivity index (χ0n) is 27.2. The zero-order chi connectivity index (χ0) is 33.9. The second-order valence-electron chi connectivity index (χ2n) is 12.6. The topological polar surface area (TPSA) is 43.6 Å². The summed E-state index contributed by atoms with van der Waals surface area (Å²) < 4.78 is 19.2. The molecule has 0 aliphatic carbocycles. The van der Waals surface area contributed by atoms with Gasteiger partial charge in [-0.25, -0.2) is 19.3 Å². The second kappa shape index (κ2) is 11.8. The predicted octanol–water partition coefficient (Wildman–Crippen LogP) is 12.1. The molecule has 0 saturated carbocycles. The number of thiophene rings is 1. The van der Waals surface area contributed by atoms with Crippen LogP contribution in [-0.4, -0.2) is 19.5 Å². The van der Waals surface area contributed by atoms with Crippen molar-refractivity contribution in [3.63, 3.8) is 0 Å². The molecule has 0 radical (unpaired) electrons. The Labute approximate surface area is 296 Å². The third kappa shape index (κ3) is 4.91. The van der Waals surface area contributed by atoms with Gasteiger partial charge in [0.05, 0.1) is 16.7 Å². The van der Waals surface area contributed by atoms with Gasteiger partial charge in [0.2, 0.25) is 0 Å². The van der Waals surface area contributed by atoms with Gasteiger partial charge in [-0.2, -0.15) is 0 Å². The number of hydrogen-bond acceptors (Lipinski definition) is 4. The third-order valence-corrected chi connectivity index (χ3v) is 10.7. The van der Waals surface area contributed by atoms with E-state index in [1.54, 1.807) is 0 Å². The first kappa shape index (κ1) is 29.4. The quantitative estimate of drug-likeness (QED) is 0.182. The molecule has 0 aliphatic heterocycles. The lowest BCUT2D eigenvalue weighted by Crippen LogP contribution is -2.02. The fourth-order valence-electron chi connectivity index (χ4n) is 7.20. The van der Waals surface area contributed by atoms with Crippen molar-refractivity contribution < 1.29 is 4.39 Å². The zero-order valence-corrected chi connectivity index (χ0v) is 28.0. The Hall–Kier alpha value is -6.50. The molecule has 0 aliphatic rings. The van der Waals surface area contributed by atoms with Crippen molar-refractivity contribution in [2.24, 2.45) is 0 Å². The van der Waals surface area contributed by atoms with E-state index in [0.29, 0.717) is 17.5 Å². The van der Waals surface area contributed by atoms with Crippen LogP contribution in [0.4, 0.5) is 4.39 Å². The summed E-state index contributed by atoms with van der Waals surface area (Å²) in [4.78, 5) is 14.9. The lowest BCUT2D eigenvalue weighted by atomic mass is 9.99. The van der Waals surface area contributed by atoms with Gasteiger partial charge in [-0.3, -0.25) is 0 Å². The molecule has 0 unspecified atom stereocenters. The molecule has 0 atom stereocenters. The Morgan fingerprint density at radius 1 is 0.431 bits per heavy atom. The first-order chi connectivity index (χ1) is 25.2. The number of fused-ring (bicyclic) bond motifs is 7. The first-order valence-electron chi connectivity index (χ1n) is 16.8. The Bertz CT molecular complexity index is 2860. The van der Waals surface area contributed by atoms with Crippen molar-refractivity contribution in [2.45, 2.75) is 0 Å². The van der Waals surface area contributed by atoms with Gasteiger partial charge in [0, 0.05) is 53.2 Å². The number of hydrogen-bond donors (Lipinski definition) is 0. The van der Waals surface area contributed by atoms with Gasteiger partial charge >= 0.3 is 0 Å². The molecule has 0 N–H and O–H groups in total. The SMILES string of the molecule is Fc1ccc(-c2cc(-c3nc(-c4ccccc4)nc(-c4ccccc4)n3)ccc2-n2c3ccccc3c3c4c(ccc32)sc2ccccc24)cc1. The second-order valence-corrected chi connectivity index (χ2v) is 13.6. The predicted molar refractivity (Wildman–Crippen MR) is 209 cm³/mol. The van der Waals surface area contributed by atoms with E-state index >= 15 is 0 Å². The molecule has 51 heavy (non-hydrogen) atoms. The highest BCUT2D eigenvalue weighted by Crippen LogP contribution is 2.44. The van der Waals surface area contributed by atoms with E-state index in [2.05, 4.69) is 83.4 Å². The molecular weight excluding hydrogens is 648 g/mol. The molecule has 4 nitrogen and oxygen atoms in total. The monoisotopic (exact) mass is 674 g/mol. The lowest BCUT2D eigenvalue weighted by Gasteiger charge is -2.16. The maximum Gasteiger partial charge on any atom is 0.164 e. The largest absolute Gasteiger partial charge is 0.309 e. The Balaban J connectivity index is 1.25. The molecule has 3 aromatic heterocycles. The molecule has 0 bridgehead atoms. The number of halogens is 1. The summed E-state index contributed by atoms with van der Waals surface area (Å²) in [5, 5.41) is 4.95. The summed E-state index contributed by atoms with van der Waals surface area (Å²) in [7, 11) is 0. The van der Waals surface area contributed by atoms with E-state index in [4.69, 9.17) is 15.0 Å². The third-order valence-electron chi connectivity index (χ3n) is 9.53. The number of para-hydroxylation sites is 1. The van der Waals surface area contributed by atoms with Crippen LogP contribution in [0.25, 0.3) is 93.0 Å². The summed E-state index contributed by atoms with van der Waals surface area (Å²) in [5.74, 6) is 1.48. The number of rotatable bonds is 5. The van der Waals surface area contributed by atoms with Crippen LogP contribution < -0.4 is 0 Å². The smallest absolute Gasteiger partial charge is 0.164 e. The van der Waals surface area contributed by atoms with Crippen LogP contribution in [0.2, 0.25) is 0 Å². The Morgan fingerprint density at radius 2 is 1.02 bits per heavy atom. The van der Waals surface area contributed by atoms with Crippen LogP contribution in [0.3, 0.4) is 0 Å². The van der Waals surface area contributed by atoms with Gasteiger partial charge in [-0.15, -0.1) is 11.3 Å². The van der Waals surface area contributed by atoms with E-state index in [1.165, 1.54) is 43.1 Å². The van der Waals surface area contributed by atoms with Crippen LogP contribution in [0.1, 0.15) is 0 Å². The minimum atomic E-state index is -0.280. The van der Waals surface area contributed by atoms with Crippen LogP contribution in [0.5, 0.6) is 0 Å². The fraction of sp³-hybridized carbons (Fsp3) is 0. The first-order valence-corrected chi connectivity index (χ1v) is 17.6. The molecule has 10 rings (SSSR count). The molecule has 0 fully saturated rings. The normalized spacial score (nSPS) is 11.6. The van der Waals surface area contributed by atoms with Crippen molar-refractivity contribution in [2.75, 3.05) is 0 Å². The van der Waals surface area contributed by atoms with Gasteiger partial charge in [0.1, 0.15) is 5.82 Å². The average Bonchev–Trinajstić information content (AvgIpc) is 3.74. The number of aromatic nitrogens is 4. The van der Waals surface area contributed by atoms with E-state index in [1.807, 2.05) is 84.1 Å². The highest BCUT2D eigenvalue weighted by molar-refractivity contribution is 7.26. The number of benzene rings is 7. The van der Waals surface area contributed by atoms with Crippen LogP contribution in [-0.2, 0) is 0 Å². The standard InChI is InChI=1S/C45H27FN4S/c46-32-22-19-28(20-23-32)35-27-31(45-48-43(29-11-3-1-4-12-29)47-44(49-45)30-13-5-2-6-14-30)21-24-37(35)50-36-17-9-7-15-33(36)41-38(50)25-26-40-42(41)34-16-8-10-18-39(34)51-40/h1-27H. The molecule has 3 heterocycles. The Kier molecular flexibility index (Phi) is 6.82. The molecule has 10 aromatic rings. The van der Waals surface area contributed by atoms with E-state index in [9.17, 15) is 4.39 Å². The van der Waals surface area contributed by atoms with E-state index < -0.39 is 0 Å². The summed E-state index contributed by atoms with van der Waals surface area (Å²) in [6.07, 6.45) is 0. The molecule has 240 valence electrons.